The normalized spacial score (nSPS) is 14.4. The standard InChI is InChI=1S/C22H28N4O3/c1-16-7-6-8-18(17(16)2)23-22(28)24-21(27)15-25-11-13-26(14-12-25)19-9-4-5-10-20(19)29-3/h4-10H,11-15H2,1-3H3,(H2,23,24,27,28)/p+1. The van der Waals surface area contributed by atoms with E-state index in [1.54, 1.807) is 7.11 Å². The molecule has 1 saturated heterocycles. The number of rotatable bonds is 5. The van der Waals surface area contributed by atoms with E-state index in [-0.39, 0.29) is 12.5 Å². The van der Waals surface area contributed by atoms with Gasteiger partial charge in [-0.2, -0.15) is 0 Å². The number of methoxy groups -OCH3 is 1. The lowest BCUT2D eigenvalue weighted by Gasteiger charge is -2.33. The molecule has 7 heteroatoms. The summed E-state index contributed by atoms with van der Waals surface area (Å²) in [6.45, 7) is 7.51. The predicted octanol–water partition coefficient (Wildman–Crippen LogP) is 1.37. The Morgan fingerprint density at radius 1 is 1.07 bits per heavy atom. The van der Waals surface area contributed by atoms with Gasteiger partial charge in [0, 0.05) is 5.69 Å². The van der Waals surface area contributed by atoms with Crippen molar-refractivity contribution in [2.75, 3.05) is 50.1 Å². The molecular formula is C22H29N4O3+. The Labute approximate surface area is 171 Å². The molecule has 0 saturated carbocycles. The van der Waals surface area contributed by atoms with Crippen LogP contribution in [0.5, 0.6) is 5.75 Å². The number of hydrogen-bond donors (Lipinski definition) is 3. The molecule has 154 valence electrons. The molecule has 1 fully saturated rings. The van der Waals surface area contributed by atoms with Crippen molar-refractivity contribution in [2.45, 2.75) is 13.8 Å². The molecule has 2 aromatic rings. The zero-order valence-electron chi connectivity index (χ0n) is 17.2. The summed E-state index contributed by atoms with van der Waals surface area (Å²) in [5, 5.41) is 5.20. The van der Waals surface area contributed by atoms with E-state index in [0.29, 0.717) is 5.69 Å². The highest BCUT2D eigenvalue weighted by atomic mass is 16.5. The molecule has 1 aliphatic heterocycles. The van der Waals surface area contributed by atoms with E-state index in [2.05, 4.69) is 15.5 Å². The molecule has 2 aromatic carbocycles. The first kappa shape index (κ1) is 20.7. The number of urea groups is 1. The second-order valence-corrected chi connectivity index (χ2v) is 7.34. The van der Waals surface area contributed by atoms with E-state index in [9.17, 15) is 9.59 Å². The zero-order chi connectivity index (χ0) is 20.8. The Balaban J connectivity index is 1.47. The maximum Gasteiger partial charge on any atom is 0.326 e. The van der Waals surface area contributed by atoms with Gasteiger partial charge >= 0.3 is 6.03 Å². The number of quaternary nitrogens is 1. The quantitative estimate of drug-likeness (QED) is 0.712. The number of hydrogen-bond acceptors (Lipinski definition) is 4. The maximum atomic E-state index is 12.3. The van der Waals surface area contributed by atoms with Crippen molar-refractivity contribution in [3.63, 3.8) is 0 Å². The van der Waals surface area contributed by atoms with Gasteiger partial charge in [0.25, 0.3) is 5.91 Å². The predicted molar refractivity (Wildman–Crippen MR) is 114 cm³/mol. The molecule has 29 heavy (non-hydrogen) atoms. The Kier molecular flexibility index (Phi) is 6.72. The summed E-state index contributed by atoms with van der Waals surface area (Å²) in [5.74, 6) is 0.588. The Morgan fingerprint density at radius 2 is 1.79 bits per heavy atom. The van der Waals surface area contributed by atoms with Gasteiger partial charge in [-0.3, -0.25) is 10.1 Å². The molecule has 0 aliphatic carbocycles. The molecule has 7 nitrogen and oxygen atoms in total. The monoisotopic (exact) mass is 397 g/mol. The van der Waals surface area contributed by atoms with Crippen molar-refractivity contribution in [3.05, 3.63) is 53.6 Å². The topological polar surface area (TPSA) is 75.1 Å². The number of anilines is 2. The molecule has 0 radical (unpaired) electrons. The van der Waals surface area contributed by atoms with Crippen LogP contribution in [0.15, 0.2) is 42.5 Å². The average molecular weight is 397 g/mol. The number of piperazine rings is 1. The molecule has 0 aromatic heterocycles. The van der Waals surface area contributed by atoms with Gasteiger partial charge in [-0.25, -0.2) is 4.79 Å². The van der Waals surface area contributed by atoms with Gasteiger partial charge in [0.05, 0.1) is 39.0 Å². The molecule has 1 heterocycles. The Hall–Kier alpha value is -3.06. The van der Waals surface area contributed by atoms with Crippen LogP contribution < -0.4 is 25.2 Å². The molecule has 0 bridgehead atoms. The average Bonchev–Trinajstić information content (AvgIpc) is 2.72. The number of aryl methyl sites for hydroxylation is 1. The summed E-state index contributed by atoms with van der Waals surface area (Å²) < 4.78 is 5.44. The number of amides is 3. The third kappa shape index (κ3) is 5.26. The highest BCUT2D eigenvalue weighted by Gasteiger charge is 2.24. The van der Waals surface area contributed by atoms with E-state index in [0.717, 1.165) is 53.6 Å². The van der Waals surface area contributed by atoms with Gasteiger partial charge in [0.2, 0.25) is 0 Å². The first-order chi connectivity index (χ1) is 14.0. The van der Waals surface area contributed by atoms with Crippen molar-refractivity contribution in [2.24, 2.45) is 0 Å². The van der Waals surface area contributed by atoms with Gasteiger partial charge in [-0.1, -0.05) is 24.3 Å². The SMILES string of the molecule is COc1ccccc1N1CC[NH+](CC(=O)NC(=O)Nc2cccc(C)c2C)CC1. The number of benzene rings is 2. The maximum absolute atomic E-state index is 12.3. The van der Waals surface area contributed by atoms with Crippen molar-refractivity contribution >= 4 is 23.3 Å². The summed E-state index contributed by atoms with van der Waals surface area (Å²) in [7, 11) is 1.67. The fraction of sp³-hybridized carbons (Fsp3) is 0.364. The summed E-state index contributed by atoms with van der Waals surface area (Å²) in [5.41, 5.74) is 3.87. The van der Waals surface area contributed by atoms with Gasteiger partial charge in [0.15, 0.2) is 6.54 Å². The molecule has 3 N–H and O–H groups in total. The molecule has 1 aliphatic rings. The van der Waals surface area contributed by atoms with Gasteiger partial charge in [0.1, 0.15) is 5.75 Å². The third-order valence-electron chi connectivity index (χ3n) is 5.41. The molecule has 0 unspecified atom stereocenters. The molecule has 3 amide bonds. The van der Waals surface area contributed by atoms with Crippen molar-refractivity contribution in [1.82, 2.24) is 5.32 Å². The summed E-state index contributed by atoms with van der Waals surface area (Å²) in [4.78, 5) is 27.9. The minimum absolute atomic E-state index is 0.270. The van der Waals surface area contributed by atoms with Crippen LogP contribution in [0.2, 0.25) is 0 Å². The lowest BCUT2D eigenvalue weighted by Crippen LogP contribution is -3.16. The number of para-hydroxylation sites is 2. The number of ether oxygens (including phenoxy) is 1. The van der Waals surface area contributed by atoms with Crippen molar-refractivity contribution in [3.8, 4) is 5.75 Å². The summed E-state index contributed by atoms with van der Waals surface area (Å²) >= 11 is 0. The van der Waals surface area contributed by atoms with E-state index in [4.69, 9.17) is 4.74 Å². The number of imide groups is 1. The van der Waals surface area contributed by atoms with Crippen LogP contribution in [-0.2, 0) is 4.79 Å². The van der Waals surface area contributed by atoms with Crippen LogP contribution >= 0.6 is 0 Å². The Morgan fingerprint density at radius 3 is 2.52 bits per heavy atom. The van der Waals surface area contributed by atoms with Crippen molar-refractivity contribution in [1.29, 1.82) is 0 Å². The minimum Gasteiger partial charge on any atom is -0.495 e. The number of nitrogens with zero attached hydrogens (tertiary/aromatic N) is 1. The molecule has 3 rings (SSSR count). The van der Waals surface area contributed by atoms with Crippen LogP contribution in [0.4, 0.5) is 16.2 Å². The third-order valence-corrected chi connectivity index (χ3v) is 5.41. The minimum atomic E-state index is -0.490. The van der Waals surface area contributed by atoms with E-state index in [1.165, 1.54) is 0 Å². The zero-order valence-corrected chi connectivity index (χ0v) is 17.2. The first-order valence-corrected chi connectivity index (χ1v) is 9.86. The first-order valence-electron chi connectivity index (χ1n) is 9.86. The van der Waals surface area contributed by atoms with Crippen LogP contribution in [0, 0.1) is 13.8 Å². The number of carbonyl (C=O) groups excluding carboxylic acids is 2. The van der Waals surface area contributed by atoms with Crippen LogP contribution in [0.1, 0.15) is 11.1 Å². The second kappa shape index (κ2) is 9.43. The van der Waals surface area contributed by atoms with Gasteiger partial charge in [-0.15, -0.1) is 0 Å². The summed E-state index contributed by atoms with van der Waals surface area (Å²) in [6.07, 6.45) is 0. The molecule has 0 spiro atoms. The second-order valence-electron chi connectivity index (χ2n) is 7.34. The largest absolute Gasteiger partial charge is 0.495 e. The highest BCUT2D eigenvalue weighted by Crippen LogP contribution is 2.27. The fourth-order valence-corrected chi connectivity index (χ4v) is 3.57. The lowest BCUT2D eigenvalue weighted by molar-refractivity contribution is -0.892. The van der Waals surface area contributed by atoms with Crippen LogP contribution in [0.3, 0.4) is 0 Å². The van der Waals surface area contributed by atoms with Crippen LogP contribution in [0.25, 0.3) is 0 Å². The number of carbonyl (C=O) groups is 2. The van der Waals surface area contributed by atoms with E-state index in [1.807, 2.05) is 56.3 Å². The molecule has 0 atom stereocenters. The van der Waals surface area contributed by atoms with Crippen LogP contribution in [-0.4, -0.2) is 51.8 Å². The van der Waals surface area contributed by atoms with Gasteiger partial charge < -0.3 is 19.9 Å². The fourth-order valence-electron chi connectivity index (χ4n) is 3.57. The van der Waals surface area contributed by atoms with E-state index < -0.39 is 6.03 Å². The summed E-state index contributed by atoms with van der Waals surface area (Å²) in [6, 6.07) is 13.2. The van der Waals surface area contributed by atoms with Gasteiger partial charge in [-0.05, 0) is 43.2 Å². The molecular weight excluding hydrogens is 368 g/mol. The highest BCUT2D eigenvalue weighted by molar-refractivity contribution is 6.01. The van der Waals surface area contributed by atoms with Crippen molar-refractivity contribution < 1.29 is 19.2 Å². The Bertz CT molecular complexity index is 876. The number of nitrogens with one attached hydrogen (secondary N) is 3. The smallest absolute Gasteiger partial charge is 0.326 e. The lowest BCUT2D eigenvalue weighted by atomic mass is 10.1. The van der Waals surface area contributed by atoms with E-state index >= 15 is 0 Å².